The summed E-state index contributed by atoms with van der Waals surface area (Å²) in [5.74, 6) is 5.96. The van der Waals surface area contributed by atoms with E-state index < -0.39 is 0 Å². The summed E-state index contributed by atoms with van der Waals surface area (Å²) in [6.07, 6.45) is 0.602. The summed E-state index contributed by atoms with van der Waals surface area (Å²) in [4.78, 5) is 10.3. The Morgan fingerprint density at radius 2 is 2.31 bits per heavy atom. The number of aldehydes is 1. The molecule has 0 bridgehead atoms. The quantitative estimate of drug-likeness (QED) is 0.402. The van der Waals surface area contributed by atoms with Gasteiger partial charge in [-0.1, -0.05) is 11.8 Å². The lowest BCUT2D eigenvalue weighted by Gasteiger charge is -1.96. The van der Waals surface area contributed by atoms with Crippen LogP contribution in [0.1, 0.15) is 15.9 Å². The topological polar surface area (TPSA) is 37.3 Å². The van der Waals surface area contributed by atoms with Crippen LogP contribution >= 0.6 is 12.6 Å². The van der Waals surface area contributed by atoms with Gasteiger partial charge in [-0.05, 0) is 18.2 Å². The van der Waals surface area contributed by atoms with E-state index in [1.807, 2.05) is 0 Å². The summed E-state index contributed by atoms with van der Waals surface area (Å²) >= 11 is 3.92. The number of hydrogen-bond acceptors (Lipinski definition) is 3. The summed E-state index contributed by atoms with van der Waals surface area (Å²) < 4.78 is 0. The smallest absolute Gasteiger partial charge is 0.153 e. The molecule has 0 atom stereocenters. The zero-order valence-electron chi connectivity index (χ0n) is 6.82. The maximum absolute atomic E-state index is 10.3. The van der Waals surface area contributed by atoms with Crippen molar-refractivity contribution in [1.82, 2.24) is 0 Å². The second-order valence-corrected chi connectivity index (χ2v) is 2.67. The number of aromatic hydroxyl groups is 1. The first-order valence-electron chi connectivity index (χ1n) is 3.66. The monoisotopic (exact) mass is 192 g/mol. The number of carbonyl (C=O) groups is 1. The number of phenols is 1. The normalized spacial score (nSPS) is 8.69. The summed E-state index contributed by atoms with van der Waals surface area (Å²) in [6, 6.07) is 4.67. The maximum atomic E-state index is 10.3. The predicted octanol–water partition coefficient (Wildman–Crippen LogP) is 1.49. The Balaban J connectivity index is 3.02. The summed E-state index contributed by atoms with van der Waals surface area (Å²) in [6.45, 7) is 0. The first kappa shape index (κ1) is 9.69. The van der Waals surface area contributed by atoms with Crippen molar-refractivity contribution in [3.8, 4) is 17.6 Å². The first-order chi connectivity index (χ1) is 6.27. The zero-order chi connectivity index (χ0) is 9.68. The average molecular weight is 192 g/mol. The van der Waals surface area contributed by atoms with E-state index >= 15 is 0 Å². The Hall–Kier alpha value is -1.40. The number of hydrogen-bond donors (Lipinski definition) is 2. The first-order valence-corrected chi connectivity index (χ1v) is 4.29. The van der Waals surface area contributed by atoms with E-state index in [9.17, 15) is 9.90 Å². The van der Waals surface area contributed by atoms with E-state index in [1.165, 1.54) is 12.1 Å². The lowest BCUT2D eigenvalue weighted by Crippen LogP contribution is -1.82. The van der Waals surface area contributed by atoms with Gasteiger partial charge in [0.2, 0.25) is 0 Å². The fourth-order valence-electron chi connectivity index (χ4n) is 0.863. The molecule has 0 saturated carbocycles. The van der Waals surface area contributed by atoms with Gasteiger partial charge >= 0.3 is 0 Å². The van der Waals surface area contributed by atoms with Crippen molar-refractivity contribution >= 4 is 18.9 Å². The summed E-state index contributed by atoms with van der Waals surface area (Å²) in [5.41, 5.74) is 0.952. The molecule has 0 saturated heterocycles. The van der Waals surface area contributed by atoms with Crippen LogP contribution < -0.4 is 0 Å². The van der Waals surface area contributed by atoms with Crippen molar-refractivity contribution in [2.45, 2.75) is 0 Å². The predicted molar refractivity (Wildman–Crippen MR) is 54.2 cm³/mol. The molecule has 66 valence electrons. The minimum absolute atomic E-state index is 0.0408. The highest BCUT2D eigenvalue weighted by atomic mass is 32.1. The number of benzene rings is 1. The van der Waals surface area contributed by atoms with Gasteiger partial charge in [0.05, 0.1) is 11.3 Å². The van der Waals surface area contributed by atoms with Gasteiger partial charge in [-0.15, -0.1) is 0 Å². The average Bonchev–Trinajstić information content (AvgIpc) is 2.15. The molecule has 3 heteroatoms. The minimum atomic E-state index is -0.0408. The van der Waals surface area contributed by atoms with Crippen molar-refractivity contribution in [3.05, 3.63) is 29.3 Å². The van der Waals surface area contributed by atoms with Crippen LogP contribution in [0.15, 0.2) is 18.2 Å². The summed E-state index contributed by atoms with van der Waals surface area (Å²) in [5, 5.41) is 9.27. The molecule has 1 aromatic carbocycles. The number of rotatable bonds is 1. The lowest BCUT2D eigenvalue weighted by atomic mass is 10.1. The maximum Gasteiger partial charge on any atom is 0.153 e. The fourth-order valence-corrected chi connectivity index (χ4v) is 0.942. The Labute approximate surface area is 82.0 Å². The van der Waals surface area contributed by atoms with Crippen LogP contribution in [0.3, 0.4) is 0 Å². The van der Waals surface area contributed by atoms with Crippen LogP contribution in [0.5, 0.6) is 5.75 Å². The molecular formula is C10H8O2S. The van der Waals surface area contributed by atoms with E-state index in [0.717, 1.165) is 0 Å². The highest BCUT2D eigenvalue weighted by molar-refractivity contribution is 7.80. The Morgan fingerprint density at radius 1 is 1.54 bits per heavy atom. The highest BCUT2D eigenvalue weighted by Crippen LogP contribution is 2.15. The van der Waals surface area contributed by atoms with E-state index in [-0.39, 0.29) is 11.3 Å². The standard InChI is InChI=1S/C10H8O2S/c11-7-9-4-3-8(2-1-5-13)6-10(9)12/h3-4,6-7,12-13H,5H2. The van der Waals surface area contributed by atoms with Crippen molar-refractivity contribution in [2.75, 3.05) is 5.75 Å². The third kappa shape index (κ3) is 2.53. The van der Waals surface area contributed by atoms with E-state index in [4.69, 9.17) is 0 Å². The molecular weight excluding hydrogens is 184 g/mol. The Morgan fingerprint density at radius 3 is 2.85 bits per heavy atom. The number of thiol groups is 1. The molecule has 0 unspecified atom stereocenters. The third-order valence-electron chi connectivity index (χ3n) is 1.47. The molecule has 0 amide bonds. The van der Waals surface area contributed by atoms with Gasteiger partial charge in [0.15, 0.2) is 6.29 Å². The summed E-state index contributed by atoms with van der Waals surface area (Å²) in [7, 11) is 0. The minimum Gasteiger partial charge on any atom is -0.507 e. The van der Waals surface area contributed by atoms with Crippen LogP contribution in [0.4, 0.5) is 0 Å². The molecule has 0 aliphatic heterocycles. The van der Waals surface area contributed by atoms with Crippen LogP contribution in [0.25, 0.3) is 0 Å². The van der Waals surface area contributed by atoms with Crippen molar-refractivity contribution in [3.63, 3.8) is 0 Å². The molecule has 0 aromatic heterocycles. The largest absolute Gasteiger partial charge is 0.507 e. The van der Waals surface area contributed by atoms with Gasteiger partial charge in [0.25, 0.3) is 0 Å². The number of phenolic OH excluding ortho intramolecular Hbond substituents is 1. The Bertz CT molecular complexity index is 374. The van der Waals surface area contributed by atoms with Crippen LogP contribution in [0.2, 0.25) is 0 Å². The van der Waals surface area contributed by atoms with Crippen LogP contribution in [0, 0.1) is 11.8 Å². The molecule has 0 fully saturated rings. The zero-order valence-corrected chi connectivity index (χ0v) is 7.71. The second kappa shape index (κ2) is 4.58. The molecule has 2 nitrogen and oxygen atoms in total. The SMILES string of the molecule is O=Cc1ccc(C#CCS)cc1O. The van der Waals surface area contributed by atoms with Crippen LogP contribution in [-0.4, -0.2) is 17.1 Å². The molecule has 13 heavy (non-hydrogen) atoms. The van der Waals surface area contributed by atoms with Crippen LogP contribution in [-0.2, 0) is 0 Å². The van der Waals surface area contributed by atoms with Gasteiger partial charge in [-0.2, -0.15) is 12.6 Å². The highest BCUT2D eigenvalue weighted by Gasteiger charge is 1.98. The van der Waals surface area contributed by atoms with E-state index in [2.05, 4.69) is 24.5 Å². The van der Waals surface area contributed by atoms with Crippen molar-refractivity contribution < 1.29 is 9.90 Å². The van der Waals surface area contributed by atoms with Crippen molar-refractivity contribution in [1.29, 1.82) is 0 Å². The second-order valence-electron chi connectivity index (χ2n) is 2.35. The molecule has 0 radical (unpaired) electrons. The molecule has 0 aliphatic carbocycles. The van der Waals surface area contributed by atoms with Gasteiger partial charge < -0.3 is 5.11 Å². The van der Waals surface area contributed by atoms with Gasteiger partial charge in [-0.3, -0.25) is 4.79 Å². The van der Waals surface area contributed by atoms with E-state index in [1.54, 1.807) is 6.07 Å². The van der Waals surface area contributed by atoms with Gasteiger partial charge in [0.1, 0.15) is 5.75 Å². The molecule has 1 N–H and O–H groups in total. The van der Waals surface area contributed by atoms with E-state index in [0.29, 0.717) is 17.6 Å². The molecule has 0 spiro atoms. The third-order valence-corrected chi connectivity index (χ3v) is 1.63. The van der Waals surface area contributed by atoms with Gasteiger partial charge in [-0.25, -0.2) is 0 Å². The molecule has 1 rings (SSSR count). The van der Waals surface area contributed by atoms with Crippen molar-refractivity contribution in [2.24, 2.45) is 0 Å². The molecule has 0 heterocycles. The Kier molecular flexibility index (Phi) is 3.41. The fraction of sp³-hybridized carbons (Fsp3) is 0.100. The molecule has 0 aliphatic rings. The molecule has 1 aromatic rings. The number of carbonyl (C=O) groups excluding carboxylic acids is 1. The lowest BCUT2D eigenvalue weighted by molar-refractivity contribution is 0.112. The van der Waals surface area contributed by atoms with Gasteiger partial charge in [0, 0.05) is 5.56 Å².